The number of guanidine groups is 1. The fourth-order valence-electron chi connectivity index (χ4n) is 3.42. The number of ether oxygens (including phenoxy) is 1. The number of anilines is 1. The highest BCUT2D eigenvalue weighted by molar-refractivity contribution is 14.0. The molecular formula is C23H31IN4O2. The lowest BCUT2D eigenvalue weighted by atomic mass is 9.90. The Kier molecular flexibility index (Phi) is 9.42. The Morgan fingerprint density at radius 2 is 2.03 bits per heavy atom. The third-order valence-corrected chi connectivity index (χ3v) is 4.80. The van der Waals surface area contributed by atoms with Gasteiger partial charge in [0.1, 0.15) is 11.9 Å². The SMILES string of the molecule is CCNC(=NCC(C)Oc1cccc(C)c1)NCC1CC(=O)Nc2ccccc21.I. The Labute approximate surface area is 195 Å². The molecule has 2 aromatic carbocycles. The van der Waals surface area contributed by atoms with Crippen molar-refractivity contribution in [1.82, 2.24) is 10.6 Å². The van der Waals surface area contributed by atoms with Gasteiger partial charge in [-0.3, -0.25) is 4.79 Å². The van der Waals surface area contributed by atoms with E-state index in [1.54, 1.807) is 0 Å². The van der Waals surface area contributed by atoms with Crippen LogP contribution in [0.15, 0.2) is 53.5 Å². The summed E-state index contributed by atoms with van der Waals surface area (Å²) in [6.07, 6.45) is 0.421. The molecule has 3 rings (SSSR count). The van der Waals surface area contributed by atoms with Gasteiger partial charge in [-0.2, -0.15) is 0 Å². The Hall–Kier alpha value is -2.29. The number of fused-ring (bicyclic) bond motifs is 1. The number of amides is 1. The van der Waals surface area contributed by atoms with E-state index in [1.807, 2.05) is 63.2 Å². The fraction of sp³-hybridized carbons (Fsp3) is 0.391. The molecule has 0 spiro atoms. The lowest BCUT2D eigenvalue weighted by Gasteiger charge is -2.26. The Balaban J connectivity index is 0.00000320. The second-order valence-corrected chi connectivity index (χ2v) is 7.38. The van der Waals surface area contributed by atoms with Crippen LogP contribution in [0.5, 0.6) is 5.75 Å². The highest BCUT2D eigenvalue weighted by atomic mass is 127. The molecule has 2 aromatic rings. The van der Waals surface area contributed by atoms with Crippen LogP contribution >= 0.6 is 24.0 Å². The van der Waals surface area contributed by atoms with Crippen molar-refractivity contribution in [2.24, 2.45) is 4.99 Å². The molecule has 6 nitrogen and oxygen atoms in total. The zero-order valence-corrected chi connectivity index (χ0v) is 20.1. The van der Waals surface area contributed by atoms with Crippen LogP contribution in [0.1, 0.15) is 37.3 Å². The number of carbonyl (C=O) groups is 1. The topological polar surface area (TPSA) is 74.8 Å². The minimum absolute atomic E-state index is 0. The zero-order valence-electron chi connectivity index (χ0n) is 17.8. The largest absolute Gasteiger partial charge is 0.489 e. The molecule has 0 aromatic heterocycles. The number of hydrogen-bond donors (Lipinski definition) is 3. The van der Waals surface area contributed by atoms with Gasteiger partial charge >= 0.3 is 0 Å². The van der Waals surface area contributed by atoms with Crippen molar-refractivity contribution >= 4 is 41.5 Å². The van der Waals surface area contributed by atoms with Crippen molar-refractivity contribution in [3.8, 4) is 5.75 Å². The normalized spacial score (nSPS) is 16.6. The van der Waals surface area contributed by atoms with Crippen LogP contribution in [0.2, 0.25) is 0 Å². The van der Waals surface area contributed by atoms with Gasteiger partial charge in [0.2, 0.25) is 5.91 Å². The van der Waals surface area contributed by atoms with E-state index < -0.39 is 0 Å². The van der Waals surface area contributed by atoms with E-state index in [0.717, 1.165) is 29.5 Å². The van der Waals surface area contributed by atoms with Crippen LogP contribution < -0.4 is 20.7 Å². The summed E-state index contributed by atoms with van der Waals surface area (Å²) in [5, 5.41) is 9.59. The van der Waals surface area contributed by atoms with Crippen LogP contribution in [-0.4, -0.2) is 37.6 Å². The predicted molar refractivity (Wildman–Crippen MR) is 133 cm³/mol. The number of hydrogen-bond acceptors (Lipinski definition) is 3. The van der Waals surface area contributed by atoms with Crippen LogP contribution in [0.4, 0.5) is 5.69 Å². The molecule has 0 saturated heterocycles. The molecule has 2 atom stereocenters. The van der Waals surface area contributed by atoms with E-state index in [0.29, 0.717) is 19.5 Å². The molecule has 1 heterocycles. The van der Waals surface area contributed by atoms with Gasteiger partial charge in [-0.15, -0.1) is 24.0 Å². The first-order chi connectivity index (χ1) is 14.0. The third-order valence-electron chi connectivity index (χ3n) is 4.80. The molecule has 0 saturated carbocycles. The first-order valence-corrected chi connectivity index (χ1v) is 10.2. The number of aliphatic imine (C=N–C) groups is 1. The summed E-state index contributed by atoms with van der Waals surface area (Å²) in [7, 11) is 0. The molecule has 1 aliphatic heterocycles. The smallest absolute Gasteiger partial charge is 0.225 e. The van der Waals surface area contributed by atoms with E-state index in [-0.39, 0.29) is 41.9 Å². The number of nitrogens with zero attached hydrogens (tertiary/aromatic N) is 1. The standard InChI is InChI=1S/C23H30N4O2.HI/c1-4-24-23(25-14-17(3)29-19-9-7-8-16(2)12-19)26-15-18-13-22(28)27-21-11-6-5-10-20(18)21;/h5-12,17-18H,4,13-15H2,1-3H3,(H,27,28)(H2,24,25,26);1H. The molecule has 1 aliphatic rings. The van der Waals surface area contributed by atoms with Gasteiger partial charge in [-0.1, -0.05) is 30.3 Å². The van der Waals surface area contributed by atoms with Gasteiger partial charge in [0.05, 0.1) is 6.54 Å². The number of para-hydroxylation sites is 1. The van der Waals surface area contributed by atoms with Crippen molar-refractivity contribution < 1.29 is 9.53 Å². The number of nitrogens with one attached hydrogen (secondary N) is 3. The number of rotatable bonds is 7. The minimum Gasteiger partial charge on any atom is -0.489 e. The summed E-state index contributed by atoms with van der Waals surface area (Å²) in [6, 6.07) is 16.0. The van der Waals surface area contributed by atoms with Gasteiger partial charge < -0.3 is 20.7 Å². The minimum atomic E-state index is -0.0477. The first kappa shape index (κ1) is 24.0. The molecule has 3 N–H and O–H groups in total. The van der Waals surface area contributed by atoms with Gasteiger partial charge in [0, 0.05) is 31.1 Å². The number of benzene rings is 2. The Bertz CT molecular complexity index is 872. The predicted octanol–water partition coefficient (Wildman–Crippen LogP) is 4.06. The fourth-order valence-corrected chi connectivity index (χ4v) is 3.42. The highest BCUT2D eigenvalue weighted by Gasteiger charge is 2.24. The summed E-state index contributed by atoms with van der Waals surface area (Å²) in [4.78, 5) is 16.7. The molecule has 0 radical (unpaired) electrons. The molecule has 0 bridgehead atoms. The van der Waals surface area contributed by atoms with Crippen molar-refractivity contribution in [2.45, 2.75) is 39.2 Å². The van der Waals surface area contributed by atoms with Crippen LogP contribution in [0, 0.1) is 6.92 Å². The number of aryl methyl sites for hydroxylation is 1. The van der Waals surface area contributed by atoms with Crippen molar-refractivity contribution in [1.29, 1.82) is 0 Å². The summed E-state index contributed by atoms with van der Waals surface area (Å²) < 4.78 is 5.96. The number of halogens is 1. The highest BCUT2D eigenvalue weighted by Crippen LogP contribution is 2.31. The molecule has 30 heavy (non-hydrogen) atoms. The summed E-state index contributed by atoms with van der Waals surface area (Å²) >= 11 is 0. The van der Waals surface area contributed by atoms with Gasteiger partial charge in [-0.25, -0.2) is 4.99 Å². The Morgan fingerprint density at radius 1 is 1.23 bits per heavy atom. The lowest BCUT2D eigenvalue weighted by molar-refractivity contribution is -0.116. The van der Waals surface area contributed by atoms with Crippen molar-refractivity contribution in [2.75, 3.05) is 25.0 Å². The quantitative estimate of drug-likeness (QED) is 0.291. The second-order valence-electron chi connectivity index (χ2n) is 7.38. The monoisotopic (exact) mass is 522 g/mol. The van der Waals surface area contributed by atoms with E-state index >= 15 is 0 Å². The summed E-state index contributed by atoms with van der Waals surface area (Å²) in [6.45, 7) is 8.03. The molecule has 2 unspecified atom stereocenters. The lowest BCUT2D eigenvalue weighted by Crippen LogP contribution is -2.41. The van der Waals surface area contributed by atoms with Gasteiger partial charge in [-0.05, 0) is 50.1 Å². The van der Waals surface area contributed by atoms with E-state index in [9.17, 15) is 4.79 Å². The zero-order chi connectivity index (χ0) is 20.6. The van der Waals surface area contributed by atoms with Crippen LogP contribution in [0.3, 0.4) is 0 Å². The molecule has 0 fully saturated rings. The van der Waals surface area contributed by atoms with Crippen LogP contribution in [-0.2, 0) is 4.79 Å². The first-order valence-electron chi connectivity index (χ1n) is 10.2. The maximum absolute atomic E-state index is 12.0. The Morgan fingerprint density at radius 3 is 2.80 bits per heavy atom. The average molecular weight is 522 g/mol. The molecule has 7 heteroatoms. The molecule has 162 valence electrons. The van der Waals surface area contributed by atoms with Gasteiger partial charge in [0.15, 0.2) is 5.96 Å². The van der Waals surface area contributed by atoms with Gasteiger partial charge in [0.25, 0.3) is 0 Å². The van der Waals surface area contributed by atoms with Crippen molar-refractivity contribution in [3.63, 3.8) is 0 Å². The second kappa shape index (κ2) is 11.8. The molecule has 0 aliphatic carbocycles. The van der Waals surface area contributed by atoms with E-state index in [4.69, 9.17) is 4.74 Å². The summed E-state index contributed by atoms with van der Waals surface area (Å²) in [5.41, 5.74) is 3.23. The van der Waals surface area contributed by atoms with E-state index in [1.165, 1.54) is 5.56 Å². The third kappa shape index (κ3) is 6.90. The molecular weight excluding hydrogens is 491 g/mol. The van der Waals surface area contributed by atoms with E-state index in [2.05, 4.69) is 27.0 Å². The average Bonchev–Trinajstić information content (AvgIpc) is 2.69. The molecule has 1 amide bonds. The maximum atomic E-state index is 12.0. The number of carbonyl (C=O) groups excluding carboxylic acids is 1. The van der Waals surface area contributed by atoms with Crippen LogP contribution in [0.25, 0.3) is 0 Å². The maximum Gasteiger partial charge on any atom is 0.225 e. The van der Waals surface area contributed by atoms with Crippen molar-refractivity contribution in [3.05, 3.63) is 59.7 Å². The summed E-state index contributed by atoms with van der Waals surface area (Å²) in [5.74, 6) is 1.76.